The van der Waals surface area contributed by atoms with Gasteiger partial charge in [0.15, 0.2) is 0 Å². The minimum absolute atomic E-state index is 0.0324. The number of aliphatic carboxylic acids is 2. The number of rotatable bonds is 4. The van der Waals surface area contributed by atoms with Crippen LogP contribution in [0.25, 0.3) is 0 Å². The van der Waals surface area contributed by atoms with Gasteiger partial charge in [-0.25, -0.2) is 0 Å². The molecule has 0 radical (unpaired) electrons. The van der Waals surface area contributed by atoms with Gasteiger partial charge in [-0.2, -0.15) is 0 Å². The SMILES string of the molecule is N[C@@H](CC#CCCC(=O)O)C(=O)O. The van der Waals surface area contributed by atoms with Gasteiger partial charge in [0.1, 0.15) is 6.04 Å². The first-order valence-electron chi connectivity index (χ1n) is 3.70. The second-order valence-electron chi connectivity index (χ2n) is 2.40. The molecule has 0 aromatic rings. The summed E-state index contributed by atoms with van der Waals surface area (Å²) < 4.78 is 0. The number of carbonyl (C=O) groups is 2. The van der Waals surface area contributed by atoms with Crippen molar-refractivity contribution < 1.29 is 19.8 Å². The zero-order valence-electron chi connectivity index (χ0n) is 6.99. The van der Waals surface area contributed by atoms with Gasteiger partial charge in [0.2, 0.25) is 0 Å². The molecule has 0 unspecified atom stereocenters. The van der Waals surface area contributed by atoms with Gasteiger partial charge >= 0.3 is 11.9 Å². The van der Waals surface area contributed by atoms with Crippen molar-refractivity contribution in [2.24, 2.45) is 5.73 Å². The molecule has 0 amide bonds. The first-order chi connectivity index (χ1) is 6.04. The monoisotopic (exact) mass is 185 g/mol. The maximum absolute atomic E-state index is 10.2. The molecule has 0 fully saturated rings. The lowest BCUT2D eigenvalue weighted by molar-refractivity contribution is -0.138. The summed E-state index contributed by atoms with van der Waals surface area (Å²) in [5.74, 6) is 3.01. The number of hydrogen-bond acceptors (Lipinski definition) is 3. The molecular weight excluding hydrogens is 174 g/mol. The van der Waals surface area contributed by atoms with Gasteiger partial charge in [-0.1, -0.05) is 0 Å². The van der Waals surface area contributed by atoms with Gasteiger partial charge in [-0.3, -0.25) is 9.59 Å². The lowest BCUT2D eigenvalue weighted by Crippen LogP contribution is -2.29. The van der Waals surface area contributed by atoms with Crippen molar-refractivity contribution in [3.8, 4) is 11.8 Å². The fourth-order valence-electron chi connectivity index (χ4n) is 0.527. The number of hydrogen-bond donors (Lipinski definition) is 3. The Balaban J connectivity index is 3.61. The van der Waals surface area contributed by atoms with E-state index in [1.165, 1.54) is 0 Å². The van der Waals surface area contributed by atoms with Gasteiger partial charge in [0.05, 0.1) is 6.42 Å². The van der Waals surface area contributed by atoms with Crippen molar-refractivity contribution in [3.63, 3.8) is 0 Å². The molecule has 13 heavy (non-hydrogen) atoms. The topological polar surface area (TPSA) is 101 Å². The highest BCUT2D eigenvalue weighted by molar-refractivity contribution is 5.73. The van der Waals surface area contributed by atoms with Crippen molar-refractivity contribution in [1.82, 2.24) is 0 Å². The summed E-state index contributed by atoms with van der Waals surface area (Å²) in [6.07, 6.45) is 0.242. The van der Waals surface area contributed by atoms with Crippen molar-refractivity contribution in [2.75, 3.05) is 0 Å². The number of carboxylic acid groups (broad SMARTS) is 2. The molecule has 0 spiro atoms. The summed E-state index contributed by atoms with van der Waals surface area (Å²) in [6, 6.07) is -0.989. The molecule has 0 saturated carbocycles. The highest BCUT2D eigenvalue weighted by Gasteiger charge is 2.07. The molecule has 0 saturated heterocycles. The lowest BCUT2D eigenvalue weighted by atomic mass is 10.2. The molecule has 0 aromatic carbocycles. The molecule has 4 N–H and O–H groups in total. The number of carboxylic acids is 2. The normalized spacial score (nSPS) is 11.2. The average molecular weight is 185 g/mol. The lowest BCUT2D eigenvalue weighted by Gasteiger charge is -1.97. The first-order valence-corrected chi connectivity index (χ1v) is 3.70. The Bertz CT molecular complexity index is 251. The largest absolute Gasteiger partial charge is 0.481 e. The van der Waals surface area contributed by atoms with E-state index in [0.29, 0.717) is 0 Å². The van der Waals surface area contributed by atoms with Gasteiger partial charge in [-0.05, 0) is 0 Å². The molecule has 0 heterocycles. The van der Waals surface area contributed by atoms with Gasteiger partial charge in [-0.15, -0.1) is 11.8 Å². The Kier molecular flexibility index (Phi) is 5.32. The van der Waals surface area contributed by atoms with Crippen molar-refractivity contribution in [3.05, 3.63) is 0 Å². The molecule has 72 valence electrons. The summed E-state index contributed by atoms with van der Waals surface area (Å²) in [4.78, 5) is 20.2. The quantitative estimate of drug-likeness (QED) is 0.520. The molecule has 0 aliphatic rings. The summed E-state index contributed by atoms with van der Waals surface area (Å²) in [5.41, 5.74) is 5.14. The molecule has 0 bridgehead atoms. The molecule has 5 heteroatoms. The second kappa shape index (κ2) is 6.03. The Hall–Kier alpha value is -1.54. The van der Waals surface area contributed by atoms with Crippen LogP contribution in [0.15, 0.2) is 0 Å². The van der Waals surface area contributed by atoms with Crippen LogP contribution in [0, 0.1) is 11.8 Å². The average Bonchev–Trinajstić information content (AvgIpc) is 2.02. The van der Waals surface area contributed by atoms with E-state index in [4.69, 9.17) is 15.9 Å². The smallest absolute Gasteiger partial charge is 0.321 e. The van der Waals surface area contributed by atoms with E-state index in [2.05, 4.69) is 11.8 Å². The highest BCUT2D eigenvalue weighted by Crippen LogP contribution is 1.88. The molecule has 1 atom stereocenters. The van der Waals surface area contributed by atoms with Crippen LogP contribution >= 0.6 is 0 Å². The molecule has 0 aliphatic carbocycles. The predicted molar refractivity (Wildman–Crippen MR) is 44.9 cm³/mol. The maximum atomic E-state index is 10.2. The fourth-order valence-corrected chi connectivity index (χ4v) is 0.527. The Morgan fingerprint density at radius 3 is 2.38 bits per heavy atom. The number of nitrogens with two attached hydrogens (primary N) is 1. The third kappa shape index (κ3) is 6.84. The van der Waals surface area contributed by atoms with E-state index >= 15 is 0 Å². The molecular formula is C8H11NO4. The van der Waals surface area contributed by atoms with E-state index in [0.717, 1.165) is 0 Å². The maximum Gasteiger partial charge on any atom is 0.321 e. The van der Waals surface area contributed by atoms with Crippen LogP contribution in [0.3, 0.4) is 0 Å². The van der Waals surface area contributed by atoms with Crippen LogP contribution in [-0.4, -0.2) is 28.2 Å². The van der Waals surface area contributed by atoms with Crippen LogP contribution in [0.2, 0.25) is 0 Å². The van der Waals surface area contributed by atoms with Gasteiger partial charge < -0.3 is 15.9 Å². The van der Waals surface area contributed by atoms with Crippen LogP contribution in [0.4, 0.5) is 0 Å². The molecule has 0 aliphatic heterocycles. The second-order valence-corrected chi connectivity index (χ2v) is 2.40. The third-order valence-electron chi connectivity index (χ3n) is 1.23. The minimum Gasteiger partial charge on any atom is -0.481 e. The van der Waals surface area contributed by atoms with E-state index in [1.807, 2.05) is 0 Å². The van der Waals surface area contributed by atoms with Crippen LogP contribution in [-0.2, 0) is 9.59 Å². The first kappa shape index (κ1) is 11.5. The van der Waals surface area contributed by atoms with Gasteiger partial charge in [0.25, 0.3) is 0 Å². The van der Waals surface area contributed by atoms with Gasteiger partial charge in [0, 0.05) is 12.8 Å². The molecule has 0 rings (SSSR count). The Morgan fingerprint density at radius 1 is 1.31 bits per heavy atom. The van der Waals surface area contributed by atoms with E-state index in [1.54, 1.807) is 0 Å². The highest BCUT2D eigenvalue weighted by atomic mass is 16.4. The minimum atomic E-state index is -1.10. The fraction of sp³-hybridized carbons (Fsp3) is 0.500. The standard InChI is InChI=1S/C8H11NO4/c9-6(8(12)13)4-2-1-3-5-7(10)11/h6H,3-5,9H2,(H,10,11)(H,12,13)/t6-/m0/s1. The van der Waals surface area contributed by atoms with Crippen molar-refractivity contribution in [2.45, 2.75) is 25.3 Å². The van der Waals surface area contributed by atoms with Crippen LogP contribution in [0.1, 0.15) is 19.3 Å². The zero-order chi connectivity index (χ0) is 10.3. The van der Waals surface area contributed by atoms with E-state index in [9.17, 15) is 9.59 Å². The summed E-state index contributed by atoms with van der Waals surface area (Å²) >= 11 is 0. The van der Waals surface area contributed by atoms with E-state index < -0.39 is 18.0 Å². The zero-order valence-corrected chi connectivity index (χ0v) is 6.99. The third-order valence-corrected chi connectivity index (χ3v) is 1.23. The molecule has 5 nitrogen and oxygen atoms in total. The molecule has 0 aromatic heterocycles. The Morgan fingerprint density at radius 2 is 1.92 bits per heavy atom. The summed E-state index contributed by atoms with van der Waals surface area (Å²) in [5, 5.41) is 16.6. The van der Waals surface area contributed by atoms with E-state index in [-0.39, 0.29) is 19.3 Å². The summed E-state index contributed by atoms with van der Waals surface area (Å²) in [7, 11) is 0. The van der Waals surface area contributed by atoms with Crippen molar-refractivity contribution >= 4 is 11.9 Å². The Labute approximate surface area is 75.5 Å². The summed E-state index contributed by atoms with van der Waals surface area (Å²) in [6.45, 7) is 0. The van der Waals surface area contributed by atoms with Crippen molar-refractivity contribution in [1.29, 1.82) is 0 Å². The predicted octanol–water partition coefficient (Wildman–Crippen LogP) is -0.343. The van der Waals surface area contributed by atoms with Crippen LogP contribution < -0.4 is 5.73 Å². The van der Waals surface area contributed by atoms with Crippen LogP contribution in [0.5, 0.6) is 0 Å².